The fourth-order valence-corrected chi connectivity index (χ4v) is 3.06. The van der Waals surface area contributed by atoms with Crippen molar-refractivity contribution in [2.75, 3.05) is 6.61 Å². The first-order chi connectivity index (χ1) is 11.9. The molecule has 2 N–H and O–H groups in total. The Hall–Kier alpha value is -2.24. The predicted octanol–water partition coefficient (Wildman–Crippen LogP) is 3.62. The van der Waals surface area contributed by atoms with E-state index >= 15 is 0 Å². The van der Waals surface area contributed by atoms with Gasteiger partial charge in [0.2, 0.25) is 0 Å². The van der Waals surface area contributed by atoms with Gasteiger partial charge in [0.1, 0.15) is 18.2 Å². The third-order valence-electron chi connectivity index (χ3n) is 4.29. The Morgan fingerprint density at radius 1 is 1.36 bits per heavy atom. The first-order valence-electron chi connectivity index (χ1n) is 7.98. The van der Waals surface area contributed by atoms with Crippen LogP contribution in [0.5, 0.6) is 5.75 Å². The van der Waals surface area contributed by atoms with Crippen LogP contribution in [0.15, 0.2) is 30.3 Å². The highest BCUT2D eigenvalue weighted by molar-refractivity contribution is 6.35. The van der Waals surface area contributed by atoms with Gasteiger partial charge >= 0.3 is 0 Å². The number of nitrogens with two attached hydrogens (primary N) is 1. The third-order valence-corrected chi connectivity index (χ3v) is 4.61. The zero-order valence-electron chi connectivity index (χ0n) is 13.6. The lowest BCUT2D eigenvalue weighted by Crippen LogP contribution is -2.20. The lowest BCUT2D eigenvalue weighted by molar-refractivity contribution is -0.121. The summed E-state index contributed by atoms with van der Waals surface area (Å²) in [7, 11) is 0. The summed E-state index contributed by atoms with van der Waals surface area (Å²) < 4.78 is 20.2. The summed E-state index contributed by atoms with van der Waals surface area (Å²) in [6.45, 7) is 1.81. The van der Waals surface area contributed by atoms with Crippen LogP contribution >= 0.6 is 11.6 Å². The summed E-state index contributed by atoms with van der Waals surface area (Å²) in [4.78, 5) is 24.2. The maximum atomic E-state index is 14.8. The van der Waals surface area contributed by atoms with E-state index in [0.29, 0.717) is 17.7 Å². The molecule has 1 aliphatic rings. The number of halogens is 2. The smallest absolute Gasteiger partial charge is 0.197 e. The molecule has 2 aromatic rings. The number of fused-ring (bicyclic) bond motifs is 1. The predicted molar refractivity (Wildman–Crippen MR) is 92.7 cm³/mol. The van der Waals surface area contributed by atoms with E-state index in [1.807, 2.05) is 6.92 Å². The minimum absolute atomic E-state index is 0.0260. The van der Waals surface area contributed by atoms with Crippen LogP contribution in [0.3, 0.4) is 0 Å². The van der Waals surface area contributed by atoms with Crippen LogP contribution in [0.25, 0.3) is 0 Å². The van der Waals surface area contributed by atoms with Crippen molar-refractivity contribution >= 4 is 23.2 Å². The van der Waals surface area contributed by atoms with Gasteiger partial charge in [0.05, 0.1) is 10.6 Å². The zero-order chi connectivity index (χ0) is 18.1. The molecule has 4 nitrogen and oxygen atoms in total. The van der Waals surface area contributed by atoms with Gasteiger partial charge in [0.25, 0.3) is 0 Å². The molecule has 0 fully saturated rings. The van der Waals surface area contributed by atoms with E-state index in [1.54, 1.807) is 12.1 Å². The summed E-state index contributed by atoms with van der Waals surface area (Å²) in [6, 6.07) is 7.19. The summed E-state index contributed by atoms with van der Waals surface area (Å²) in [5.74, 6) is -0.804. The Morgan fingerprint density at radius 2 is 2.12 bits per heavy atom. The first kappa shape index (κ1) is 17.6. The molecule has 0 saturated heterocycles. The van der Waals surface area contributed by atoms with E-state index in [4.69, 9.17) is 22.1 Å². The molecule has 0 amide bonds. The Bertz CT molecular complexity index is 866. The Labute approximate surface area is 149 Å². The van der Waals surface area contributed by atoms with Crippen LogP contribution in [-0.2, 0) is 11.2 Å². The number of hydrogen-bond acceptors (Lipinski definition) is 4. The molecule has 0 aromatic heterocycles. The van der Waals surface area contributed by atoms with Crippen molar-refractivity contribution in [1.29, 1.82) is 0 Å². The van der Waals surface area contributed by atoms with E-state index in [9.17, 15) is 14.0 Å². The molecule has 0 unspecified atom stereocenters. The van der Waals surface area contributed by atoms with Crippen LogP contribution in [0, 0.1) is 5.82 Å². The number of hydrogen-bond donors (Lipinski definition) is 1. The molecule has 1 aliphatic heterocycles. The van der Waals surface area contributed by atoms with Crippen molar-refractivity contribution in [2.24, 2.45) is 5.73 Å². The summed E-state index contributed by atoms with van der Waals surface area (Å²) >= 11 is 6.08. The Morgan fingerprint density at radius 3 is 2.84 bits per heavy atom. The monoisotopic (exact) mass is 361 g/mol. The molecule has 130 valence electrons. The largest absolute Gasteiger partial charge is 0.486 e. The number of carbonyl (C=O) groups excluding carboxylic acids is 2. The molecule has 0 bridgehead atoms. The van der Waals surface area contributed by atoms with Crippen LogP contribution < -0.4 is 10.5 Å². The third kappa shape index (κ3) is 3.30. The van der Waals surface area contributed by atoms with Gasteiger partial charge in [-0.15, -0.1) is 0 Å². The lowest BCUT2D eigenvalue weighted by atomic mass is 9.95. The van der Waals surface area contributed by atoms with Gasteiger partial charge in [-0.05, 0) is 18.6 Å². The zero-order valence-corrected chi connectivity index (χ0v) is 14.4. The first-order valence-corrected chi connectivity index (χ1v) is 8.35. The molecule has 0 radical (unpaired) electrons. The van der Waals surface area contributed by atoms with Gasteiger partial charge in [-0.2, -0.15) is 0 Å². The van der Waals surface area contributed by atoms with E-state index < -0.39 is 17.6 Å². The molecule has 3 rings (SSSR count). The summed E-state index contributed by atoms with van der Waals surface area (Å²) in [5.41, 5.74) is 6.93. The number of Topliss-reactive ketones (excluding diaryl/α,β-unsaturated/α-hetero) is 1. The van der Waals surface area contributed by atoms with Crippen LogP contribution in [0.2, 0.25) is 5.02 Å². The molecule has 1 heterocycles. The van der Waals surface area contributed by atoms with Gasteiger partial charge in [-0.3, -0.25) is 9.59 Å². The highest BCUT2D eigenvalue weighted by Gasteiger charge is 2.24. The van der Waals surface area contributed by atoms with Crippen molar-refractivity contribution < 1.29 is 18.7 Å². The Kier molecular flexibility index (Phi) is 4.88. The van der Waals surface area contributed by atoms with E-state index in [1.165, 1.54) is 18.2 Å². The molecule has 0 saturated carbocycles. The molecule has 1 atom stereocenters. The summed E-state index contributed by atoms with van der Waals surface area (Å²) in [6.07, 6.45) is 0.798. The Balaban J connectivity index is 2.03. The van der Waals surface area contributed by atoms with E-state index in [2.05, 4.69) is 0 Å². The number of carbonyl (C=O) groups is 2. The van der Waals surface area contributed by atoms with E-state index in [0.717, 1.165) is 0 Å². The second-order valence-corrected chi connectivity index (χ2v) is 6.40. The van der Waals surface area contributed by atoms with Crippen LogP contribution in [0.1, 0.15) is 46.4 Å². The minimum Gasteiger partial charge on any atom is -0.486 e. The standard InChI is InChI=1S/C19H17ClFNO3/c1-2-15(22)13-5-6-14(20)17(18(13)21)19(24)11-4-3-10-7-12(23)9-25-16(10)8-11/h3-6,8,15H,2,7,9,22H2,1H3/t15-/m1/s1. The van der Waals surface area contributed by atoms with Crippen molar-refractivity contribution in [1.82, 2.24) is 0 Å². The SMILES string of the molecule is CC[C@@H](N)c1ccc(Cl)c(C(=O)c2ccc3c(c2)OCC(=O)C3)c1F. The average Bonchev–Trinajstić information content (AvgIpc) is 2.60. The number of ketones is 2. The fourth-order valence-electron chi connectivity index (χ4n) is 2.83. The molecule has 0 spiro atoms. The van der Waals surface area contributed by atoms with Gasteiger partial charge in [0, 0.05) is 29.2 Å². The average molecular weight is 362 g/mol. The number of rotatable bonds is 4. The fraction of sp³-hybridized carbons (Fsp3) is 0.263. The van der Waals surface area contributed by atoms with Crippen molar-refractivity contribution in [3.8, 4) is 5.75 Å². The second-order valence-electron chi connectivity index (χ2n) is 6.00. The number of ether oxygens (including phenoxy) is 1. The molecule has 6 heteroatoms. The lowest BCUT2D eigenvalue weighted by Gasteiger charge is -2.18. The van der Waals surface area contributed by atoms with E-state index in [-0.39, 0.29) is 40.5 Å². The second kappa shape index (κ2) is 6.94. The number of benzene rings is 2. The highest BCUT2D eigenvalue weighted by atomic mass is 35.5. The van der Waals surface area contributed by atoms with Crippen LogP contribution in [-0.4, -0.2) is 18.2 Å². The molecular formula is C19H17ClFNO3. The van der Waals surface area contributed by atoms with Gasteiger partial charge in [0.15, 0.2) is 11.6 Å². The van der Waals surface area contributed by atoms with Crippen molar-refractivity contribution in [3.05, 3.63) is 63.4 Å². The van der Waals surface area contributed by atoms with Crippen molar-refractivity contribution in [2.45, 2.75) is 25.8 Å². The molecule has 2 aromatic carbocycles. The van der Waals surface area contributed by atoms with Crippen molar-refractivity contribution in [3.63, 3.8) is 0 Å². The minimum atomic E-state index is -0.694. The topological polar surface area (TPSA) is 69.4 Å². The van der Waals surface area contributed by atoms with Gasteiger partial charge in [-0.25, -0.2) is 4.39 Å². The molecule has 25 heavy (non-hydrogen) atoms. The van der Waals surface area contributed by atoms with Crippen LogP contribution in [0.4, 0.5) is 4.39 Å². The summed E-state index contributed by atoms with van der Waals surface area (Å²) in [5, 5.41) is 0.0309. The quantitative estimate of drug-likeness (QED) is 0.844. The van der Waals surface area contributed by atoms with Gasteiger partial charge < -0.3 is 10.5 Å². The molecular weight excluding hydrogens is 345 g/mol. The highest BCUT2D eigenvalue weighted by Crippen LogP contribution is 2.31. The molecule has 0 aliphatic carbocycles. The maximum Gasteiger partial charge on any atom is 0.197 e. The van der Waals surface area contributed by atoms with Gasteiger partial charge in [-0.1, -0.05) is 36.7 Å². The maximum absolute atomic E-state index is 14.8. The normalized spacial score (nSPS) is 14.6.